The summed E-state index contributed by atoms with van der Waals surface area (Å²) in [5.74, 6) is 1.65. The van der Waals surface area contributed by atoms with E-state index in [2.05, 4.69) is 83.6 Å². The van der Waals surface area contributed by atoms with Crippen molar-refractivity contribution in [3.05, 3.63) is 84.2 Å². The summed E-state index contributed by atoms with van der Waals surface area (Å²) in [5, 5.41) is 0. The molecule has 0 unspecified atom stereocenters. The summed E-state index contributed by atoms with van der Waals surface area (Å²) in [7, 11) is 4.14. The van der Waals surface area contributed by atoms with Gasteiger partial charge in [-0.15, -0.1) is 0 Å². The van der Waals surface area contributed by atoms with Gasteiger partial charge in [-0.2, -0.15) is 0 Å². The van der Waals surface area contributed by atoms with Crippen molar-refractivity contribution in [3.8, 4) is 5.69 Å². The van der Waals surface area contributed by atoms with Crippen LogP contribution in [0, 0.1) is 0 Å². The zero-order valence-electron chi connectivity index (χ0n) is 15.9. The molecule has 4 heteroatoms. The molecule has 1 fully saturated rings. The van der Waals surface area contributed by atoms with Gasteiger partial charge >= 0.3 is 0 Å². The van der Waals surface area contributed by atoms with E-state index in [1.54, 1.807) is 0 Å². The van der Waals surface area contributed by atoms with E-state index in [-0.39, 0.29) is 0 Å². The number of fused-ring (bicyclic) bond motifs is 1. The summed E-state index contributed by atoms with van der Waals surface area (Å²) in [6.45, 7) is 4.16. The molecular weight excluding hydrogens is 332 g/mol. The number of aromatic nitrogens is 2. The Balaban J connectivity index is 1.51. The van der Waals surface area contributed by atoms with Crippen molar-refractivity contribution in [1.82, 2.24) is 9.55 Å². The maximum Gasteiger partial charge on any atom is 0.105 e. The van der Waals surface area contributed by atoms with Crippen LogP contribution in [0.25, 0.3) is 5.69 Å². The predicted molar refractivity (Wildman–Crippen MR) is 111 cm³/mol. The summed E-state index contributed by atoms with van der Waals surface area (Å²) in [6.07, 6.45) is 5.39. The second kappa shape index (κ2) is 6.02. The number of para-hydroxylation sites is 1. The normalized spacial score (nSPS) is 16.1. The van der Waals surface area contributed by atoms with Crippen molar-refractivity contribution >= 4 is 11.4 Å². The van der Waals surface area contributed by atoms with Crippen molar-refractivity contribution < 1.29 is 0 Å². The molecule has 0 atom stereocenters. The standard InChI is InChI=1S/C23H24N4/c1-16-25(2)21-12-9-17(14-22(21)26(16)3)13-20-23(18-10-11-18)27(15-24-20)19-7-5-4-6-8-19/h4-9,12,14-15,18H,1,10-11,13H2,2-3H3. The van der Waals surface area contributed by atoms with Gasteiger partial charge in [-0.3, -0.25) is 0 Å². The van der Waals surface area contributed by atoms with Crippen LogP contribution in [0.2, 0.25) is 0 Å². The summed E-state index contributed by atoms with van der Waals surface area (Å²) in [6, 6.07) is 17.2. The van der Waals surface area contributed by atoms with Gasteiger partial charge in [-0.1, -0.05) is 30.8 Å². The second-order valence-electron chi connectivity index (χ2n) is 7.59. The highest BCUT2D eigenvalue weighted by molar-refractivity contribution is 5.82. The van der Waals surface area contributed by atoms with Crippen LogP contribution in [0.15, 0.2) is 67.3 Å². The van der Waals surface area contributed by atoms with Crippen molar-refractivity contribution in [3.63, 3.8) is 0 Å². The van der Waals surface area contributed by atoms with Gasteiger partial charge in [-0.25, -0.2) is 4.98 Å². The molecule has 0 amide bonds. The lowest BCUT2D eigenvalue weighted by Crippen LogP contribution is -2.20. The van der Waals surface area contributed by atoms with Gasteiger partial charge in [0, 0.05) is 37.8 Å². The number of hydrogen-bond acceptors (Lipinski definition) is 3. The van der Waals surface area contributed by atoms with Crippen LogP contribution in [0.5, 0.6) is 0 Å². The second-order valence-corrected chi connectivity index (χ2v) is 7.59. The van der Waals surface area contributed by atoms with Gasteiger partial charge in [-0.05, 0) is 42.7 Å². The molecule has 0 bridgehead atoms. The lowest BCUT2D eigenvalue weighted by Gasteiger charge is -2.15. The quantitative estimate of drug-likeness (QED) is 0.677. The summed E-state index contributed by atoms with van der Waals surface area (Å²) in [5.41, 5.74) is 7.51. The Morgan fingerprint density at radius 2 is 1.74 bits per heavy atom. The van der Waals surface area contributed by atoms with Crippen LogP contribution in [0.1, 0.15) is 35.7 Å². The Morgan fingerprint density at radius 1 is 1.00 bits per heavy atom. The first-order chi connectivity index (χ1) is 13.1. The fourth-order valence-corrected chi connectivity index (χ4v) is 4.04. The summed E-state index contributed by atoms with van der Waals surface area (Å²) >= 11 is 0. The fraction of sp³-hybridized carbons (Fsp3) is 0.261. The molecule has 0 radical (unpaired) electrons. The zero-order chi connectivity index (χ0) is 18.5. The molecule has 1 aromatic heterocycles. The molecule has 2 aliphatic rings. The molecule has 1 saturated carbocycles. The van der Waals surface area contributed by atoms with Gasteiger partial charge in [0.2, 0.25) is 0 Å². The molecule has 0 N–H and O–H groups in total. The molecule has 136 valence electrons. The number of anilines is 2. The molecular formula is C23H24N4. The molecule has 3 aromatic rings. The largest absolute Gasteiger partial charge is 0.330 e. The number of imidazole rings is 1. The highest BCUT2D eigenvalue weighted by atomic mass is 15.4. The van der Waals surface area contributed by atoms with Crippen LogP contribution in [0.3, 0.4) is 0 Å². The number of benzene rings is 2. The van der Waals surface area contributed by atoms with Crippen LogP contribution < -0.4 is 9.80 Å². The van der Waals surface area contributed by atoms with Crippen molar-refractivity contribution in [2.24, 2.45) is 0 Å². The first kappa shape index (κ1) is 16.2. The number of rotatable bonds is 4. The first-order valence-corrected chi connectivity index (χ1v) is 9.54. The van der Waals surface area contributed by atoms with Crippen molar-refractivity contribution in [2.75, 3.05) is 23.9 Å². The van der Waals surface area contributed by atoms with E-state index in [1.165, 1.54) is 46.9 Å². The third kappa shape index (κ3) is 2.64. The molecule has 4 nitrogen and oxygen atoms in total. The molecule has 1 aliphatic carbocycles. The van der Waals surface area contributed by atoms with Crippen LogP contribution in [-0.2, 0) is 6.42 Å². The van der Waals surface area contributed by atoms with Gasteiger partial charge in [0.25, 0.3) is 0 Å². The lowest BCUT2D eigenvalue weighted by atomic mass is 10.0. The Hall–Kier alpha value is -3.01. The fourth-order valence-electron chi connectivity index (χ4n) is 4.04. The van der Waals surface area contributed by atoms with Crippen molar-refractivity contribution in [2.45, 2.75) is 25.2 Å². The molecule has 0 spiro atoms. The molecule has 0 saturated heterocycles. The van der Waals surface area contributed by atoms with Crippen molar-refractivity contribution in [1.29, 1.82) is 0 Å². The molecule has 27 heavy (non-hydrogen) atoms. The first-order valence-electron chi connectivity index (χ1n) is 9.54. The van der Waals surface area contributed by atoms with E-state index in [0.29, 0.717) is 5.92 Å². The van der Waals surface area contributed by atoms with E-state index in [1.807, 2.05) is 6.33 Å². The average Bonchev–Trinajstić information content (AvgIpc) is 3.42. The summed E-state index contributed by atoms with van der Waals surface area (Å²) in [4.78, 5) is 9.11. The molecule has 2 aromatic carbocycles. The number of nitrogens with zero attached hydrogens (tertiary/aromatic N) is 4. The van der Waals surface area contributed by atoms with E-state index >= 15 is 0 Å². The average molecular weight is 356 g/mol. The minimum absolute atomic E-state index is 0.644. The van der Waals surface area contributed by atoms with Crippen LogP contribution >= 0.6 is 0 Å². The zero-order valence-corrected chi connectivity index (χ0v) is 15.9. The number of hydrogen-bond donors (Lipinski definition) is 0. The van der Waals surface area contributed by atoms with E-state index in [0.717, 1.165) is 12.2 Å². The maximum absolute atomic E-state index is 4.81. The maximum atomic E-state index is 4.81. The van der Waals surface area contributed by atoms with Gasteiger partial charge < -0.3 is 14.4 Å². The van der Waals surface area contributed by atoms with Crippen LogP contribution in [0.4, 0.5) is 11.4 Å². The minimum Gasteiger partial charge on any atom is -0.330 e. The van der Waals surface area contributed by atoms with E-state index in [9.17, 15) is 0 Å². The van der Waals surface area contributed by atoms with E-state index in [4.69, 9.17) is 4.98 Å². The Bertz CT molecular complexity index is 1010. The minimum atomic E-state index is 0.644. The Labute approximate surface area is 160 Å². The molecule has 5 rings (SSSR count). The van der Waals surface area contributed by atoms with Gasteiger partial charge in [0.1, 0.15) is 5.82 Å². The van der Waals surface area contributed by atoms with E-state index < -0.39 is 0 Å². The Kier molecular flexibility index (Phi) is 3.61. The van der Waals surface area contributed by atoms with Gasteiger partial charge in [0.05, 0.1) is 23.4 Å². The Morgan fingerprint density at radius 3 is 2.48 bits per heavy atom. The van der Waals surface area contributed by atoms with Crippen LogP contribution in [-0.4, -0.2) is 23.6 Å². The smallest absolute Gasteiger partial charge is 0.105 e. The highest BCUT2D eigenvalue weighted by Crippen LogP contribution is 2.44. The monoisotopic (exact) mass is 356 g/mol. The lowest BCUT2D eigenvalue weighted by molar-refractivity contribution is 0.905. The third-order valence-corrected chi connectivity index (χ3v) is 5.79. The predicted octanol–water partition coefficient (Wildman–Crippen LogP) is 4.70. The highest BCUT2D eigenvalue weighted by Gasteiger charge is 2.31. The molecule has 1 aliphatic heterocycles. The third-order valence-electron chi connectivity index (χ3n) is 5.79. The topological polar surface area (TPSA) is 24.3 Å². The molecule has 2 heterocycles. The summed E-state index contributed by atoms with van der Waals surface area (Å²) < 4.78 is 2.28. The SMILES string of the molecule is C=C1N(C)c2ccc(Cc3ncn(-c4ccccc4)c3C3CC3)cc2N1C. The van der Waals surface area contributed by atoms with Gasteiger partial charge in [0.15, 0.2) is 0 Å².